The van der Waals surface area contributed by atoms with Gasteiger partial charge in [-0.2, -0.15) is 0 Å². The van der Waals surface area contributed by atoms with Crippen LogP contribution in [0.4, 0.5) is 4.39 Å². The zero-order chi connectivity index (χ0) is 16.1. The van der Waals surface area contributed by atoms with Crippen LogP contribution in [-0.2, 0) is 25.9 Å². The Morgan fingerprint density at radius 1 is 1.26 bits per heavy atom. The first-order valence-electron chi connectivity index (χ1n) is 7.86. The van der Waals surface area contributed by atoms with Crippen molar-refractivity contribution in [1.82, 2.24) is 25.4 Å². The normalized spacial score (nSPS) is 13.9. The number of fused-ring (bicyclic) bond motifs is 1. The number of benzene rings is 1. The number of halogens is 1. The number of hydrogen-bond donors (Lipinski definition) is 2. The van der Waals surface area contributed by atoms with Gasteiger partial charge >= 0.3 is 0 Å². The van der Waals surface area contributed by atoms with Gasteiger partial charge in [0, 0.05) is 26.6 Å². The lowest BCUT2D eigenvalue weighted by Gasteiger charge is -2.12. The number of rotatable bonds is 5. The molecule has 0 saturated heterocycles. The van der Waals surface area contributed by atoms with Crippen LogP contribution in [0.3, 0.4) is 0 Å². The Labute approximate surface area is 134 Å². The van der Waals surface area contributed by atoms with E-state index in [1.54, 1.807) is 19.2 Å². The molecule has 1 aliphatic heterocycles. The molecule has 0 atom stereocenters. The summed E-state index contributed by atoms with van der Waals surface area (Å²) in [7, 11) is 1.74. The van der Waals surface area contributed by atoms with Gasteiger partial charge in [-0.25, -0.2) is 4.39 Å². The fourth-order valence-corrected chi connectivity index (χ4v) is 2.70. The number of nitrogens with one attached hydrogen (secondary N) is 2. The number of guanidine groups is 1. The molecule has 1 aromatic heterocycles. The van der Waals surface area contributed by atoms with Gasteiger partial charge in [0.2, 0.25) is 0 Å². The molecule has 122 valence electrons. The highest BCUT2D eigenvalue weighted by Crippen LogP contribution is 2.13. The predicted octanol–water partition coefficient (Wildman–Crippen LogP) is 1.27. The van der Waals surface area contributed by atoms with Gasteiger partial charge in [0.1, 0.15) is 11.6 Å². The van der Waals surface area contributed by atoms with Gasteiger partial charge in [-0.1, -0.05) is 12.1 Å². The first-order valence-corrected chi connectivity index (χ1v) is 7.86. The van der Waals surface area contributed by atoms with Gasteiger partial charge < -0.3 is 15.2 Å². The van der Waals surface area contributed by atoms with Crippen LogP contribution in [0.2, 0.25) is 0 Å². The summed E-state index contributed by atoms with van der Waals surface area (Å²) in [5.74, 6) is 2.53. The summed E-state index contributed by atoms with van der Waals surface area (Å²) in [6.07, 6.45) is 2.96. The van der Waals surface area contributed by atoms with Crippen molar-refractivity contribution in [2.24, 2.45) is 4.99 Å². The molecular formula is C16H21FN6. The predicted molar refractivity (Wildman–Crippen MR) is 86.6 cm³/mol. The maximum Gasteiger partial charge on any atom is 0.191 e. The zero-order valence-corrected chi connectivity index (χ0v) is 13.2. The number of aryl methyl sites for hydroxylation is 1. The van der Waals surface area contributed by atoms with Gasteiger partial charge in [-0.3, -0.25) is 4.99 Å². The lowest BCUT2D eigenvalue weighted by atomic mass is 10.1. The van der Waals surface area contributed by atoms with Crippen molar-refractivity contribution in [3.63, 3.8) is 0 Å². The second-order valence-corrected chi connectivity index (χ2v) is 5.52. The van der Waals surface area contributed by atoms with E-state index in [4.69, 9.17) is 0 Å². The summed E-state index contributed by atoms with van der Waals surface area (Å²) in [4.78, 5) is 4.20. The zero-order valence-electron chi connectivity index (χ0n) is 13.2. The van der Waals surface area contributed by atoms with Crippen molar-refractivity contribution in [3.05, 3.63) is 47.3 Å². The van der Waals surface area contributed by atoms with Crippen molar-refractivity contribution in [1.29, 1.82) is 0 Å². The molecule has 0 aliphatic carbocycles. The Balaban J connectivity index is 1.45. The van der Waals surface area contributed by atoms with Gasteiger partial charge in [0.15, 0.2) is 11.8 Å². The number of nitrogens with zero attached hydrogens (tertiary/aromatic N) is 4. The van der Waals surface area contributed by atoms with Crippen LogP contribution in [0.15, 0.2) is 29.3 Å². The van der Waals surface area contributed by atoms with E-state index in [0.717, 1.165) is 55.5 Å². The Bertz CT molecular complexity index is 676. The lowest BCUT2D eigenvalue weighted by Crippen LogP contribution is -2.38. The first-order chi connectivity index (χ1) is 11.3. The summed E-state index contributed by atoms with van der Waals surface area (Å²) in [6, 6.07) is 6.56. The summed E-state index contributed by atoms with van der Waals surface area (Å²) >= 11 is 0. The average molecular weight is 316 g/mol. The molecule has 7 heteroatoms. The van der Waals surface area contributed by atoms with E-state index in [2.05, 4.69) is 30.4 Å². The molecule has 1 aromatic carbocycles. The minimum atomic E-state index is -0.208. The molecule has 2 heterocycles. The molecule has 0 fully saturated rings. The summed E-state index contributed by atoms with van der Waals surface area (Å²) in [6.45, 7) is 2.32. The highest BCUT2D eigenvalue weighted by molar-refractivity contribution is 5.79. The van der Waals surface area contributed by atoms with Gasteiger partial charge in [0.25, 0.3) is 0 Å². The topological polar surface area (TPSA) is 67.1 Å². The average Bonchev–Trinajstić information content (AvgIpc) is 3.16. The van der Waals surface area contributed by atoms with E-state index >= 15 is 0 Å². The monoisotopic (exact) mass is 316 g/mol. The molecule has 0 spiro atoms. The van der Waals surface area contributed by atoms with Crippen LogP contribution >= 0.6 is 0 Å². The number of aromatic nitrogens is 3. The van der Waals surface area contributed by atoms with E-state index < -0.39 is 0 Å². The van der Waals surface area contributed by atoms with Crippen LogP contribution in [0, 0.1) is 5.82 Å². The molecule has 2 N–H and O–H groups in total. The minimum absolute atomic E-state index is 0.208. The van der Waals surface area contributed by atoms with Crippen LogP contribution in [-0.4, -0.2) is 34.3 Å². The third-order valence-corrected chi connectivity index (χ3v) is 3.94. The molecule has 0 unspecified atom stereocenters. The molecule has 0 saturated carbocycles. The molecule has 1 aliphatic rings. The Hall–Kier alpha value is -2.44. The largest absolute Gasteiger partial charge is 0.356 e. The van der Waals surface area contributed by atoms with E-state index in [-0.39, 0.29) is 5.82 Å². The van der Waals surface area contributed by atoms with Crippen LogP contribution in [0.25, 0.3) is 0 Å². The highest BCUT2D eigenvalue weighted by atomic mass is 19.1. The number of hydrogen-bond acceptors (Lipinski definition) is 3. The Morgan fingerprint density at radius 3 is 2.87 bits per heavy atom. The van der Waals surface area contributed by atoms with Crippen LogP contribution in [0.5, 0.6) is 0 Å². The molecule has 23 heavy (non-hydrogen) atoms. The second-order valence-electron chi connectivity index (χ2n) is 5.52. The van der Waals surface area contributed by atoms with Crippen molar-refractivity contribution in [3.8, 4) is 0 Å². The third kappa shape index (κ3) is 3.85. The fourth-order valence-electron chi connectivity index (χ4n) is 2.70. The van der Waals surface area contributed by atoms with Crippen LogP contribution < -0.4 is 10.6 Å². The quantitative estimate of drug-likeness (QED) is 0.644. The first kappa shape index (κ1) is 15.5. The van der Waals surface area contributed by atoms with E-state index in [0.29, 0.717) is 6.54 Å². The molecule has 0 radical (unpaired) electrons. The maximum atomic E-state index is 12.9. The molecular weight excluding hydrogens is 295 g/mol. The Morgan fingerprint density at radius 2 is 2.09 bits per heavy atom. The third-order valence-electron chi connectivity index (χ3n) is 3.94. The summed E-state index contributed by atoms with van der Waals surface area (Å²) < 4.78 is 15.0. The summed E-state index contributed by atoms with van der Waals surface area (Å²) in [5, 5.41) is 14.9. The van der Waals surface area contributed by atoms with Gasteiger partial charge in [-0.15, -0.1) is 10.2 Å². The van der Waals surface area contributed by atoms with Crippen molar-refractivity contribution in [2.75, 3.05) is 13.6 Å². The van der Waals surface area contributed by atoms with Crippen molar-refractivity contribution >= 4 is 5.96 Å². The fraction of sp³-hybridized carbons (Fsp3) is 0.438. The van der Waals surface area contributed by atoms with Gasteiger partial charge in [-0.05, 0) is 30.5 Å². The number of aliphatic imine (C=N–C) groups is 1. The van der Waals surface area contributed by atoms with E-state index in [9.17, 15) is 4.39 Å². The van der Waals surface area contributed by atoms with Gasteiger partial charge in [0.05, 0.1) is 6.54 Å². The standard InChI is InChI=1S/C16H21FN6/c1-18-16(19-9-8-12-4-6-13(17)7-5-12)20-11-15-22-21-14-3-2-10-23(14)15/h4-7H,2-3,8-11H2,1H3,(H2,18,19,20). The minimum Gasteiger partial charge on any atom is -0.356 e. The molecule has 0 bridgehead atoms. The van der Waals surface area contributed by atoms with E-state index in [1.165, 1.54) is 12.1 Å². The Kier molecular flexibility index (Phi) is 4.85. The smallest absolute Gasteiger partial charge is 0.191 e. The summed E-state index contributed by atoms with van der Waals surface area (Å²) in [5.41, 5.74) is 1.09. The molecule has 3 rings (SSSR count). The highest BCUT2D eigenvalue weighted by Gasteiger charge is 2.16. The molecule has 6 nitrogen and oxygen atoms in total. The molecule has 0 amide bonds. The molecule has 2 aromatic rings. The van der Waals surface area contributed by atoms with Crippen LogP contribution in [0.1, 0.15) is 23.6 Å². The maximum absolute atomic E-state index is 12.9. The van der Waals surface area contributed by atoms with Crippen molar-refractivity contribution in [2.45, 2.75) is 32.4 Å². The second kappa shape index (κ2) is 7.21. The lowest BCUT2D eigenvalue weighted by molar-refractivity contribution is 0.626. The van der Waals surface area contributed by atoms with Crippen molar-refractivity contribution < 1.29 is 4.39 Å². The van der Waals surface area contributed by atoms with E-state index in [1.807, 2.05) is 0 Å². The SMILES string of the molecule is CN=C(NCCc1ccc(F)cc1)NCc1nnc2n1CCC2.